The summed E-state index contributed by atoms with van der Waals surface area (Å²) >= 11 is 2.07. The van der Waals surface area contributed by atoms with Crippen LogP contribution in [0, 0.1) is 11.8 Å². The van der Waals surface area contributed by atoms with Gasteiger partial charge in [-0.2, -0.15) is 11.8 Å². The van der Waals surface area contributed by atoms with Crippen LogP contribution in [0.15, 0.2) is 30.3 Å². The summed E-state index contributed by atoms with van der Waals surface area (Å²) in [5.74, 6) is 4.32. The van der Waals surface area contributed by atoms with Crippen LogP contribution in [0.2, 0.25) is 0 Å². The van der Waals surface area contributed by atoms with Crippen LogP contribution < -0.4 is 0 Å². The largest absolute Gasteiger partial charge is 0.306 e. The number of benzene rings is 1. The molecule has 3 heteroatoms. The lowest BCUT2D eigenvalue weighted by Gasteiger charge is -2.18. The second-order valence-electron chi connectivity index (χ2n) is 6.04. The van der Waals surface area contributed by atoms with Crippen LogP contribution in [0.4, 0.5) is 0 Å². The summed E-state index contributed by atoms with van der Waals surface area (Å²) in [7, 11) is 2.26. The van der Waals surface area contributed by atoms with E-state index >= 15 is 0 Å². The molecule has 2 atom stereocenters. The third-order valence-electron chi connectivity index (χ3n) is 4.41. The summed E-state index contributed by atoms with van der Waals surface area (Å²) in [5, 5.41) is 0. The van der Waals surface area contributed by atoms with Crippen molar-refractivity contribution in [3.05, 3.63) is 35.9 Å². The van der Waals surface area contributed by atoms with E-state index in [-0.39, 0.29) is 0 Å². The predicted octanol–water partition coefficient (Wildman–Crippen LogP) is 2.41. The molecule has 1 aromatic carbocycles. The quantitative estimate of drug-likeness (QED) is 0.763. The molecule has 2 aliphatic heterocycles. The fraction of sp³-hybridized carbons (Fsp3) is 0.625. The molecular formula is C16H24N2S. The fourth-order valence-corrected chi connectivity index (χ4v) is 4.43. The van der Waals surface area contributed by atoms with Crippen LogP contribution in [-0.2, 0) is 5.75 Å². The molecule has 0 amide bonds. The topological polar surface area (TPSA) is 6.48 Å². The number of hydrogen-bond acceptors (Lipinski definition) is 3. The molecule has 0 spiro atoms. The Bertz CT molecular complexity index is 381. The molecule has 2 nitrogen and oxygen atoms in total. The maximum Gasteiger partial charge on any atom is 0.0185 e. The lowest BCUT2D eigenvalue weighted by Crippen LogP contribution is -2.28. The fourth-order valence-electron chi connectivity index (χ4n) is 3.47. The SMILES string of the molecule is CN1C[C@@H]2CN(CCSCc3ccccc3)C[C@@H]2C1. The third kappa shape index (κ3) is 3.53. The van der Waals surface area contributed by atoms with E-state index < -0.39 is 0 Å². The van der Waals surface area contributed by atoms with E-state index in [2.05, 4.69) is 58.9 Å². The van der Waals surface area contributed by atoms with Gasteiger partial charge in [-0.15, -0.1) is 0 Å². The summed E-state index contributed by atoms with van der Waals surface area (Å²) in [6, 6.07) is 10.8. The summed E-state index contributed by atoms with van der Waals surface area (Å²) in [6.07, 6.45) is 0. The first kappa shape index (κ1) is 13.5. The minimum atomic E-state index is 0.948. The normalized spacial score (nSPS) is 27.8. The Morgan fingerprint density at radius 1 is 1.05 bits per heavy atom. The number of rotatable bonds is 5. The predicted molar refractivity (Wildman–Crippen MR) is 83.5 cm³/mol. The van der Waals surface area contributed by atoms with Gasteiger partial charge in [-0.05, 0) is 24.4 Å². The molecule has 0 aliphatic carbocycles. The molecule has 2 fully saturated rings. The van der Waals surface area contributed by atoms with Crippen LogP contribution in [0.5, 0.6) is 0 Å². The van der Waals surface area contributed by atoms with Crippen LogP contribution in [0.1, 0.15) is 5.56 Å². The summed E-state index contributed by atoms with van der Waals surface area (Å²) < 4.78 is 0. The Hall–Kier alpha value is -0.510. The highest BCUT2D eigenvalue weighted by Gasteiger charge is 2.38. The Morgan fingerprint density at radius 3 is 2.42 bits per heavy atom. The van der Waals surface area contributed by atoms with Crippen LogP contribution >= 0.6 is 11.8 Å². The van der Waals surface area contributed by atoms with Gasteiger partial charge in [0, 0.05) is 44.2 Å². The van der Waals surface area contributed by atoms with Crippen molar-refractivity contribution in [3.8, 4) is 0 Å². The van der Waals surface area contributed by atoms with E-state index in [0.29, 0.717) is 0 Å². The van der Waals surface area contributed by atoms with Crippen molar-refractivity contribution < 1.29 is 0 Å². The highest BCUT2D eigenvalue weighted by Crippen LogP contribution is 2.30. The molecule has 2 aliphatic rings. The van der Waals surface area contributed by atoms with Gasteiger partial charge in [0.1, 0.15) is 0 Å². The molecule has 0 saturated carbocycles. The monoisotopic (exact) mass is 276 g/mol. The smallest absolute Gasteiger partial charge is 0.0185 e. The summed E-state index contributed by atoms with van der Waals surface area (Å²) in [6.45, 7) is 6.58. The van der Waals surface area contributed by atoms with Crippen molar-refractivity contribution in [2.75, 3.05) is 45.5 Å². The van der Waals surface area contributed by atoms with Gasteiger partial charge >= 0.3 is 0 Å². The zero-order chi connectivity index (χ0) is 13.1. The number of nitrogens with zero attached hydrogens (tertiary/aromatic N) is 2. The first-order valence-electron chi connectivity index (χ1n) is 7.34. The van der Waals surface area contributed by atoms with Crippen LogP contribution in [-0.4, -0.2) is 55.3 Å². The first-order valence-corrected chi connectivity index (χ1v) is 8.49. The minimum absolute atomic E-state index is 0.948. The van der Waals surface area contributed by atoms with Crippen molar-refractivity contribution in [1.82, 2.24) is 9.80 Å². The van der Waals surface area contributed by atoms with Gasteiger partial charge in [0.25, 0.3) is 0 Å². The first-order chi connectivity index (χ1) is 9.31. The molecule has 0 bridgehead atoms. The second kappa shape index (κ2) is 6.29. The van der Waals surface area contributed by atoms with Gasteiger partial charge in [0.05, 0.1) is 0 Å². The van der Waals surface area contributed by atoms with Crippen molar-refractivity contribution in [2.24, 2.45) is 11.8 Å². The van der Waals surface area contributed by atoms with Gasteiger partial charge in [-0.1, -0.05) is 30.3 Å². The molecule has 19 heavy (non-hydrogen) atoms. The average molecular weight is 276 g/mol. The highest BCUT2D eigenvalue weighted by atomic mass is 32.2. The molecule has 0 N–H and O–H groups in total. The molecule has 2 heterocycles. The van der Waals surface area contributed by atoms with E-state index in [1.165, 1.54) is 44.0 Å². The summed E-state index contributed by atoms with van der Waals surface area (Å²) in [4.78, 5) is 5.18. The maximum absolute atomic E-state index is 2.68. The number of hydrogen-bond donors (Lipinski definition) is 0. The minimum Gasteiger partial charge on any atom is -0.306 e. The molecule has 3 rings (SSSR count). The van der Waals surface area contributed by atoms with E-state index in [9.17, 15) is 0 Å². The lowest BCUT2D eigenvalue weighted by atomic mass is 10.0. The molecule has 1 aromatic rings. The Morgan fingerprint density at radius 2 is 1.74 bits per heavy atom. The zero-order valence-electron chi connectivity index (χ0n) is 11.8. The van der Waals surface area contributed by atoms with Gasteiger partial charge in [-0.25, -0.2) is 0 Å². The van der Waals surface area contributed by atoms with Gasteiger partial charge in [-0.3, -0.25) is 0 Å². The van der Waals surface area contributed by atoms with Crippen molar-refractivity contribution in [2.45, 2.75) is 5.75 Å². The average Bonchev–Trinajstić information content (AvgIpc) is 2.93. The van der Waals surface area contributed by atoms with E-state index in [0.717, 1.165) is 17.6 Å². The second-order valence-corrected chi connectivity index (χ2v) is 7.14. The Balaban J connectivity index is 1.34. The highest BCUT2D eigenvalue weighted by molar-refractivity contribution is 7.98. The molecule has 0 unspecified atom stereocenters. The molecular weight excluding hydrogens is 252 g/mol. The van der Waals surface area contributed by atoms with Crippen LogP contribution in [0.25, 0.3) is 0 Å². The van der Waals surface area contributed by atoms with E-state index in [1.54, 1.807) is 0 Å². The molecule has 0 aromatic heterocycles. The third-order valence-corrected chi connectivity index (χ3v) is 5.42. The van der Waals surface area contributed by atoms with E-state index in [4.69, 9.17) is 0 Å². The zero-order valence-corrected chi connectivity index (χ0v) is 12.6. The Labute approximate surface area is 121 Å². The van der Waals surface area contributed by atoms with Crippen molar-refractivity contribution in [3.63, 3.8) is 0 Å². The summed E-state index contributed by atoms with van der Waals surface area (Å²) in [5.41, 5.74) is 1.45. The van der Waals surface area contributed by atoms with Crippen LogP contribution in [0.3, 0.4) is 0 Å². The van der Waals surface area contributed by atoms with E-state index in [1.807, 2.05) is 0 Å². The number of fused-ring (bicyclic) bond motifs is 1. The maximum atomic E-state index is 2.68. The standard InChI is InChI=1S/C16H24N2S/c1-17-9-15-11-18(12-16(15)10-17)7-8-19-13-14-5-3-2-4-6-14/h2-6,15-16H,7-13H2,1H3/t15-,16+. The molecule has 2 saturated heterocycles. The van der Waals surface area contributed by atoms with Gasteiger partial charge in [0.15, 0.2) is 0 Å². The molecule has 0 radical (unpaired) electrons. The lowest BCUT2D eigenvalue weighted by molar-refractivity contribution is 0.290. The molecule has 104 valence electrons. The Kier molecular flexibility index (Phi) is 4.46. The number of thioether (sulfide) groups is 1. The van der Waals surface area contributed by atoms with Gasteiger partial charge < -0.3 is 9.80 Å². The van der Waals surface area contributed by atoms with Gasteiger partial charge in [0.2, 0.25) is 0 Å². The number of likely N-dealkylation sites (tertiary alicyclic amines) is 2. The van der Waals surface area contributed by atoms with Crippen molar-refractivity contribution in [1.29, 1.82) is 0 Å². The van der Waals surface area contributed by atoms with Crippen molar-refractivity contribution >= 4 is 11.8 Å².